The molecule has 0 bridgehead atoms. The van der Waals surface area contributed by atoms with E-state index in [0.717, 1.165) is 41.6 Å². The van der Waals surface area contributed by atoms with E-state index in [2.05, 4.69) is 5.10 Å². The van der Waals surface area contributed by atoms with Crippen molar-refractivity contribution in [3.63, 3.8) is 0 Å². The van der Waals surface area contributed by atoms with Gasteiger partial charge in [-0.05, 0) is 44.7 Å². The minimum atomic E-state index is 0.0112. The van der Waals surface area contributed by atoms with E-state index in [-0.39, 0.29) is 6.23 Å². The standard InChI is InChI=1S/C14H18N2O2/c1-9-6-7-11-13(14(9)17)10(2)15-16(11)12-5-3-4-8-18-12/h6-7,12,17H,3-5,8H2,1-2H3. The van der Waals surface area contributed by atoms with Crippen LogP contribution >= 0.6 is 0 Å². The summed E-state index contributed by atoms with van der Waals surface area (Å²) < 4.78 is 7.69. The van der Waals surface area contributed by atoms with Crippen LogP contribution in [0.5, 0.6) is 5.75 Å². The maximum Gasteiger partial charge on any atom is 0.150 e. The molecule has 0 spiro atoms. The zero-order valence-electron chi connectivity index (χ0n) is 10.8. The molecule has 0 saturated carbocycles. The van der Waals surface area contributed by atoms with E-state index in [1.807, 2.05) is 30.7 Å². The molecule has 96 valence electrons. The smallest absolute Gasteiger partial charge is 0.150 e. The van der Waals surface area contributed by atoms with Gasteiger partial charge in [-0.15, -0.1) is 0 Å². The minimum absolute atomic E-state index is 0.0112. The van der Waals surface area contributed by atoms with E-state index >= 15 is 0 Å². The predicted molar refractivity (Wildman–Crippen MR) is 69.7 cm³/mol. The number of ether oxygens (including phenoxy) is 1. The van der Waals surface area contributed by atoms with Gasteiger partial charge in [0.05, 0.1) is 16.6 Å². The van der Waals surface area contributed by atoms with Gasteiger partial charge in [0, 0.05) is 6.61 Å². The topological polar surface area (TPSA) is 47.3 Å². The number of hydrogen-bond donors (Lipinski definition) is 1. The second kappa shape index (κ2) is 4.28. The summed E-state index contributed by atoms with van der Waals surface area (Å²) in [4.78, 5) is 0. The Morgan fingerprint density at radius 3 is 2.89 bits per heavy atom. The third kappa shape index (κ3) is 1.68. The summed E-state index contributed by atoms with van der Waals surface area (Å²) >= 11 is 0. The first-order valence-electron chi connectivity index (χ1n) is 6.47. The van der Waals surface area contributed by atoms with Crippen LogP contribution < -0.4 is 0 Å². The van der Waals surface area contributed by atoms with Crippen molar-refractivity contribution >= 4 is 10.9 Å². The SMILES string of the molecule is Cc1ccc2c(c(C)nn2C2CCCCO2)c1O. The molecule has 1 N–H and O–H groups in total. The molecule has 1 fully saturated rings. The number of aryl methyl sites for hydroxylation is 2. The van der Waals surface area contributed by atoms with Crippen molar-refractivity contribution in [2.75, 3.05) is 6.61 Å². The number of nitrogens with zero attached hydrogens (tertiary/aromatic N) is 2. The van der Waals surface area contributed by atoms with E-state index in [9.17, 15) is 5.11 Å². The molecule has 18 heavy (non-hydrogen) atoms. The Labute approximate surface area is 106 Å². The van der Waals surface area contributed by atoms with Crippen molar-refractivity contribution in [2.45, 2.75) is 39.3 Å². The number of aromatic hydroxyl groups is 1. The van der Waals surface area contributed by atoms with E-state index in [0.29, 0.717) is 5.75 Å². The number of fused-ring (bicyclic) bond motifs is 1. The Hall–Kier alpha value is -1.55. The van der Waals surface area contributed by atoms with Crippen LogP contribution in [-0.2, 0) is 4.74 Å². The summed E-state index contributed by atoms with van der Waals surface area (Å²) in [6.45, 7) is 4.63. The maximum atomic E-state index is 10.2. The zero-order valence-corrected chi connectivity index (χ0v) is 10.8. The molecule has 2 heterocycles. The van der Waals surface area contributed by atoms with Gasteiger partial charge in [0.1, 0.15) is 5.75 Å². The van der Waals surface area contributed by atoms with E-state index in [1.54, 1.807) is 0 Å². The van der Waals surface area contributed by atoms with Crippen LogP contribution in [0.1, 0.15) is 36.7 Å². The summed E-state index contributed by atoms with van der Waals surface area (Å²) in [6, 6.07) is 3.94. The van der Waals surface area contributed by atoms with E-state index in [4.69, 9.17) is 4.74 Å². The molecule has 1 saturated heterocycles. The van der Waals surface area contributed by atoms with Crippen molar-refractivity contribution in [1.29, 1.82) is 0 Å². The van der Waals surface area contributed by atoms with Crippen LogP contribution in [0.2, 0.25) is 0 Å². The summed E-state index contributed by atoms with van der Waals surface area (Å²) in [5.74, 6) is 0.340. The molecule has 3 rings (SSSR count). The summed E-state index contributed by atoms with van der Waals surface area (Å²) in [6.07, 6.45) is 3.30. The van der Waals surface area contributed by atoms with Crippen molar-refractivity contribution < 1.29 is 9.84 Å². The first-order chi connectivity index (χ1) is 8.68. The van der Waals surface area contributed by atoms with Gasteiger partial charge in [-0.3, -0.25) is 0 Å². The highest BCUT2D eigenvalue weighted by molar-refractivity contribution is 5.89. The van der Waals surface area contributed by atoms with Crippen LogP contribution in [0, 0.1) is 13.8 Å². The Balaban J connectivity index is 2.16. The van der Waals surface area contributed by atoms with Gasteiger partial charge in [0.15, 0.2) is 6.23 Å². The molecular formula is C14H18N2O2. The second-order valence-electron chi connectivity index (χ2n) is 4.98. The predicted octanol–water partition coefficient (Wildman–Crippen LogP) is 3.06. The molecule has 1 unspecified atom stereocenters. The lowest BCUT2D eigenvalue weighted by Gasteiger charge is -2.23. The molecule has 2 aromatic rings. The number of phenols is 1. The minimum Gasteiger partial charge on any atom is -0.507 e. The Kier molecular flexibility index (Phi) is 2.74. The van der Waals surface area contributed by atoms with E-state index in [1.165, 1.54) is 6.42 Å². The molecule has 0 radical (unpaired) electrons. The monoisotopic (exact) mass is 246 g/mol. The first kappa shape index (κ1) is 11.5. The molecule has 1 atom stereocenters. The van der Waals surface area contributed by atoms with Gasteiger partial charge in [0.25, 0.3) is 0 Å². The number of benzene rings is 1. The molecule has 0 amide bonds. The lowest BCUT2D eigenvalue weighted by Crippen LogP contribution is -2.19. The van der Waals surface area contributed by atoms with Gasteiger partial charge in [-0.1, -0.05) is 6.07 Å². The highest BCUT2D eigenvalue weighted by atomic mass is 16.5. The molecule has 1 aromatic heterocycles. The Morgan fingerprint density at radius 2 is 2.17 bits per heavy atom. The van der Waals surface area contributed by atoms with E-state index < -0.39 is 0 Å². The molecule has 1 aliphatic rings. The Morgan fingerprint density at radius 1 is 1.33 bits per heavy atom. The number of aromatic nitrogens is 2. The lowest BCUT2D eigenvalue weighted by atomic mass is 10.1. The third-order valence-corrected chi connectivity index (χ3v) is 3.65. The third-order valence-electron chi connectivity index (χ3n) is 3.65. The van der Waals surface area contributed by atoms with Crippen LogP contribution in [0.3, 0.4) is 0 Å². The van der Waals surface area contributed by atoms with Crippen LogP contribution in [0.4, 0.5) is 0 Å². The lowest BCUT2D eigenvalue weighted by molar-refractivity contribution is -0.0368. The molecule has 4 heteroatoms. The average Bonchev–Trinajstić information content (AvgIpc) is 2.73. The van der Waals surface area contributed by atoms with Crippen molar-refractivity contribution in [2.24, 2.45) is 0 Å². The normalized spacial score (nSPS) is 20.4. The highest BCUT2D eigenvalue weighted by Gasteiger charge is 2.21. The van der Waals surface area contributed by atoms with Gasteiger partial charge in [-0.2, -0.15) is 5.10 Å². The fourth-order valence-corrected chi connectivity index (χ4v) is 2.63. The number of rotatable bonds is 1. The van der Waals surface area contributed by atoms with Crippen LogP contribution in [0.25, 0.3) is 10.9 Å². The van der Waals surface area contributed by atoms with Gasteiger partial charge >= 0.3 is 0 Å². The Bertz CT molecular complexity index is 583. The number of phenolic OH excluding ortho intramolecular Hbond substituents is 1. The maximum absolute atomic E-state index is 10.2. The van der Waals surface area contributed by atoms with Crippen LogP contribution in [-0.4, -0.2) is 21.5 Å². The summed E-state index contributed by atoms with van der Waals surface area (Å²) in [5.41, 5.74) is 2.71. The van der Waals surface area contributed by atoms with Gasteiger partial charge in [-0.25, -0.2) is 4.68 Å². The molecular weight excluding hydrogens is 228 g/mol. The quantitative estimate of drug-likeness (QED) is 0.841. The van der Waals surface area contributed by atoms with Gasteiger partial charge < -0.3 is 9.84 Å². The van der Waals surface area contributed by atoms with Crippen molar-refractivity contribution in [3.05, 3.63) is 23.4 Å². The molecule has 0 aliphatic carbocycles. The molecule has 1 aromatic carbocycles. The zero-order chi connectivity index (χ0) is 12.7. The number of hydrogen-bond acceptors (Lipinski definition) is 3. The van der Waals surface area contributed by atoms with Gasteiger partial charge in [0.2, 0.25) is 0 Å². The van der Waals surface area contributed by atoms with Crippen molar-refractivity contribution in [3.8, 4) is 5.75 Å². The second-order valence-corrected chi connectivity index (χ2v) is 4.98. The summed E-state index contributed by atoms with van der Waals surface area (Å²) in [7, 11) is 0. The largest absolute Gasteiger partial charge is 0.507 e. The fourth-order valence-electron chi connectivity index (χ4n) is 2.63. The average molecular weight is 246 g/mol. The van der Waals surface area contributed by atoms with Crippen molar-refractivity contribution in [1.82, 2.24) is 9.78 Å². The molecule has 4 nitrogen and oxygen atoms in total. The molecule has 1 aliphatic heterocycles. The summed E-state index contributed by atoms with van der Waals surface area (Å²) in [5, 5.41) is 15.6. The first-order valence-corrected chi connectivity index (χ1v) is 6.47. The van der Waals surface area contributed by atoms with Crippen LogP contribution in [0.15, 0.2) is 12.1 Å². The highest BCUT2D eigenvalue weighted by Crippen LogP contribution is 2.34. The fraction of sp³-hybridized carbons (Fsp3) is 0.500.